The van der Waals surface area contributed by atoms with E-state index in [0.29, 0.717) is 6.42 Å². The van der Waals surface area contributed by atoms with E-state index in [0.717, 1.165) is 24.1 Å². The number of hydrogen-bond donors (Lipinski definition) is 4. The van der Waals surface area contributed by atoms with Crippen molar-refractivity contribution < 1.29 is 15.0 Å². The number of aliphatic hydroxyl groups is 2. The van der Waals surface area contributed by atoms with Crippen LogP contribution in [0.1, 0.15) is 31.7 Å². The lowest BCUT2D eigenvalue weighted by Gasteiger charge is -2.38. The summed E-state index contributed by atoms with van der Waals surface area (Å²) in [5.74, 6) is 0.421. The highest BCUT2D eigenvalue weighted by atomic mass is 16.3. The molecule has 4 N–H and O–H groups in total. The number of amides is 1. The molecule has 0 aromatic heterocycles. The van der Waals surface area contributed by atoms with Crippen LogP contribution in [0.2, 0.25) is 0 Å². The quantitative estimate of drug-likeness (QED) is 0.671. The molecule has 1 spiro atoms. The SMILES string of the molecule is CC(O)CC1CC2NC(CC23C(=O)Nc2ccccc23)C1CO. The third-order valence-electron chi connectivity index (χ3n) is 6.13. The molecule has 6 unspecified atom stereocenters. The van der Waals surface area contributed by atoms with Crippen molar-refractivity contribution in [3.05, 3.63) is 29.8 Å². The molecule has 0 radical (unpaired) electrons. The zero-order chi connectivity index (χ0) is 16.2. The van der Waals surface area contributed by atoms with E-state index in [-0.39, 0.29) is 42.5 Å². The Kier molecular flexibility index (Phi) is 3.48. The first-order valence-electron chi connectivity index (χ1n) is 8.52. The molecule has 6 atom stereocenters. The Morgan fingerprint density at radius 3 is 2.91 bits per heavy atom. The van der Waals surface area contributed by atoms with Crippen molar-refractivity contribution in [1.82, 2.24) is 5.32 Å². The summed E-state index contributed by atoms with van der Waals surface area (Å²) in [5.41, 5.74) is 1.47. The lowest BCUT2D eigenvalue weighted by molar-refractivity contribution is -0.121. The minimum absolute atomic E-state index is 0.0719. The second kappa shape index (κ2) is 5.30. The van der Waals surface area contributed by atoms with E-state index in [2.05, 4.69) is 10.6 Å². The number of carbonyl (C=O) groups excluding carboxylic acids is 1. The van der Waals surface area contributed by atoms with Gasteiger partial charge < -0.3 is 20.8 Å². The Bertz CT molecular complexity index is 632. The maximum atomic E-state index is 12.9. The number of para-hydroxylation sites is 1. The fourth-order valence-corrected chi connectivity index (χ4v) is 5.17. The monoisotopic (exact) mass is 316 g/mol. The van der Waals surface area contributed by atoms with Crippen LogP contribution in [0.4, 0.5) is 5.69 Å². The third-order valence-corrected chi connectivity index (χ3v) is 6.13. The van der Waals surface area contributed by atoms with Crippen LogP contribution in [0.3, 0.4) is 0 Å². The molecule has 1 aromatic rings. The van der Waals surface area contributed by atoms with E-state index in [4.69, 9.17) is 0 Å². The number of anilines is 1. The van der Waals surface area contributed by atoms with Crippen LogP contribution in [0.5, 0.6) is 0 Å². The Morgan fingerprint density at radius 1 is 1.39 bits per heavy atom. The second-order valence-corrected chi connectivity index (χ2v) is 7.43. The summed E-state index contributed by atoms with van der Waals surface area (Å²) in [7, 11) is 0. The summed E-state index contributed by atoms with van der Waals surface area (Å²) in [6, 6.07) is 8.13. The Hall–Kier alpha value is -1.43. The third kappa shape index (κ3) is 2.07. The van der Waals surface area contributed by atoms with Crippen LogP contribution in [-0.2, 0) is 10.2 Å². The van der Waals surface area contributed by atoms with Crippen molar-refractivity contribution in [1.29, 1.82) is 0 Å². The molecular weight excluding hydrogens is 292 g/mol. The van der Waals surface area contributed by atoms with Gasteiger partial charge in [0, 0.05) is 30.3 Å². The molecule has 23 heavy (non-hydrogen) atoms. The second-order valence-electron chi connectivity index (χ2n) is 7.43. The van der Waals surface area contributed by atoms with Crippen LogP contribution in [-0.4, -0.2) is 40.9 Å². The largest absolute Gasteiger partial charge is 0.396 e. The van der Waals surface area contributed by atoms with Crippen LogP contribution in [0.15, 0.2) is 24.3 Å². The number of piperidine rings is 1. The molecule has 2 bridgehead atoms. The number of nitrogens with one attached hydrogen (secondary N) is 2. The van der Waals surface area contributed by atoms with E-state index in [1.807, 2.05) is 24.3 Å². The minimum atomic E-state index is -0.526. The van der Waals surface area contributed by atoms with Gasteiger partial charge in [-0.1, -0.05) is 18.2 Å². The summed E-state index contributed by atoms with van der Waals surface area (Å²) in [6.07, 6.45) is 1.84. The molecule has 5 nitrogen and oxygen atoms in total. The summed E-state index contributed by atoms with van der Waals surface area (Å²) in [5, 5.41) is 26.3. The van der Waals surface area contributed by atoms with E-state index < -0.39 is 5.41 Å². The van der Waals surface area contributed by atoms with E-state index in [1.165, 1.54) is 0 Å². The van der Waals surface area contributed by atoms with Gasteiger partial charge in [0.15, 0.2) is 0 Å². The van der Waals surface area contributed by atoms with Crippen molar-refractivity contribution in [3.63, 3.8) is 0 Å². The van der Waals surface area contributed by atoms with Gasteiger partial charge >= 0.3 is 0 Å². The van der Waals surface area contributed by atoms with Gasteiger partial charge in [0.2, 0.25) is 5.91 Å². The molecule has 0 saturated carbocycles. The molecule has 2 saturated heterocycles. The van der Waals surface area contributed by atoms with Crippen molar-refractivity contribution >= 4 is 11.6 Å². The number of fused-ring (bicyclic) bond motifs is 5. The van der Waals surface area contributed by atoms with Gasteiger partial charge in [-0.15, -0.1) is 0 Å². The lowest BCUT2D eigenvalue weighted by Crippen LogP contribution is -2.51. The molecule has 1 amide bonds. The first-order chi connectivity index (χ1) is 11.1. The average molecular weight is 316 g/mol. The summed E-state index contributed by atoms with van der Waals surface area (Å²) < 4.78 is 0. The topological polar surface area (TPSA) is 81.6 Å². The molecule has 0 aliphatic carbocycles. The van der Waals surface area contributed by atoms with Crippen LogP contribution in [0, 0.1) is 11.8 Å². The fraction of sp³-hybridized carbons (Fsp3) is 0.611. The molecule has 124 valence electrons. The van der Waals surface area contributed by atoms with E-state index >= 15 is 0 Å². The molecule has 3 aliphatic rings. The smallest absolute Gasteiger partial charge is 0.236 e. The molecule has 2 fully saturated rings. The van der Waals surface area contributed by atoms with Crippen molar-refractivity contribution in [3.8, 4) is 0 Å². The Balaban J connectivity index is 1.73. The maximum absolute atomic E-state index is 12.9. The first-order valence-corrected chi connectivity index (χ1v) is 8.52. The van der Waals surface area contributed by atoms with Gasteiger partial charge in [-0.25, -0.2) is 0 Å². The van der Waals surface area contributed by atoms with Crippen molar-refractivity contribution in [2.45, 2.75) is 49.8 Å². The van der Waals surface area contributed by atoms with E-state index in [9.17, 15) is 15.0 Å². The highest BCUT2D eigenvalue weighted by molar-refractivity contribution is 6.07. The van der Waals surface area contributed by atoms with Gasteiger partial charge in [-0.2, -0.15) is 0 Å². The van der Waals surface area contributed by atoms with Crippen LogP contribution < -0.4 is 10.6 Å². The molecule has 4 rings (SSSR count). The standard InChI is InChI=1S/C18H24N2O3/c1-10(22)6-11-7-16-18(8-15(19-16)12(11)9-21)13-4-2-3-5-14(13)20-17(18)23/h2-5,10-12,15-16,19,21-22H,6-9H2,1H3,(H,20,23). The molecule has 3 aliphatic heterocycles. The Labute approximate surface area is 136 Å². The minimum Gasteiger partial charge on any atom is -0.396 e. The number of rotatable bonds is 3. The number of aliphatic hydroxyl groups excluding tert-OH is 2. The zero-order valence-corrected chi connectivity index (χ0v) is 13.3. The summed E-state index contributed by atoms with van der Waals surface area (Å²) in [6.45, 7) is 1.90. The Morgan fingerprint density at radius 2 is 2.17 bits per heavy atom. The predicted molar refractivity (Wildman–Crippen MR) is 87.1 cm³/mol. The zero-order valence-electron chi connectivity index (χ0n) is 13.3. The molecule has 1 aromatic carbocycles. The highest BCUT2D eigenvalue weighted by Crippen LogP contribution is 2.53. The van der Waals surface area contributed by atoms with Gasteiger partial charge in [0.25, 0.3) is 0 Å². The molecular formula is C18H24N2O3. The van der Waals surface area contributed by atoms with Crippen molar-refractivity contribution in [2.24, 2.45) is 11.8 Å². The number of hydrogen-bond acceptors (Lipinski definition) is 4. The van der Waals surface area contributed by atoms with Gasteiger partial charge in [-0.3, -0.25) is 4.79 Å². The highest BCUT2D eigenvalue weighted by Gasteiger charge is 2.61. The average Bonchev–Trinajstić information content (AvgIpc) is 2.97. The van der Waals surface area contributed by atoms with Crippen LogP contribution in [0.25, 0.3) is 0 Å². The lowest BCUT2D eigenvalue weighted by atomic mass is 9.73. The summed E-state index contributed by atoms with van der Waals surface area (Å²) in [4.78, 5) is 12.9. The summed E-state index contributed by atoms with van der Waals surface area (Å²) >= 11 is 0. The van der Waals surface area contributed by atoms with Crippen LogP contribution >= 0.6 is 0 Å². The molecule has 3 heterocycles. The molecule has 5 heteroatoms. The predicted octanol–water partition coefficient (Wildman–Crippen LogP) is 1.01. The van der Waals surface area contributed by atoms with Crippen molar-refractivity contribution in [2.75, 3.05) is 11.9 Å². The van der Waals surface area contributed by atoms with Gasteiger partial charge in [-0.05, 0) is 43.7 Å². The first kappa shape index (κ1) is 15.1. The number of carbonyl (C=O) groups is 1. The van der Waals surface area contributed by atoms with Gasteiger partial charge in [0.1, 0.15) is 0 Å². The van der Waals surface area contributed by atoms with Gasteiger partial charge in [0.05, 0.1) is 11.5 Å². The van der Waals surface area contributed by atoms with E-state index in [1.54, 1.807) is 6.92 Å². The normalized spacial score (nSPS) is 39.3. The maximum Gasteiger partial charge on any atom is 0.236 e. The fourth-order valence-electron chi connectivity index (χ4n) is 5.17. The number of benzene rings is 1.